The molecule has 2 heterocycles. The first-order valence-corrected chi connectivity index (χ1v) is 9.43. The molecule has 0 radical (unpaired) electrons. The number of imidazole rings is 1. The zero-order chi connectivity index (χ0) is 21.0. The third kappa shape index (κ3) is 4.74. The van der Waals surface area contributed by atoms with Crippen molar-refractivity contribution in [3.63, 3.8) is 0 Å². The highest BCUT2D eigenvalue weighted by atomic mass is 16.5. The number of methoxy groups -OCH3 is 1. The Morgan fingerprint density at radius 2 is 1.90 bits per heavy atom. The lowest BCUT2D eigenvalue weighted by Crippen LogP contribution is -2.45. The molecule has 1 atom stereocenters. The van der Waals surface area contributed by atoms with Crippen molar-refractivity contribution < 1.29 is 19.1 Å². The standard InChI is InChI=1S/C22H25N3O4/c1-14(2)19(24-21(26)16-7-9-18(28-4)10-8-16)22(27)29-13-17-12-25-11-5-6-15(3)20(25)23-17/h5-12,14,19H,13H2,1-4H3,(H,24,26)/t19-/m0/s1. The predicted molar refractivity (Wildman–Crippen MR) is 109 cm³/mol. The van der Waals surface area contributed by atoms with Crippen molar-refractivity contribution in [3.05, 3.63) is 65.6 Å². The highest BCUT2D eigenvalue weighted by molar-refractivity contribution is 5.96. The van der Waals surface area contributed by atoms with Crippen molar-refractivity contribution in [2.24, 2.45) is 5.92 Å². The van der Waals surface area contributed by atoms with Gasteiger partial charge in [-0.3, -0.25) is 4.79 Å². The number of hydrogen-bond acceptors (Lipinski definition) is 5. The molecule has 3 aromatic rings. The van der Waals surface area contributed by atoms with E-state index in [9.17, 15) is 9.59 Å². The molecule has 1 amide bonds. The van der Waals surface area contributed by atoms with E-state index in [1.54, 1.807) is 31.4 Å². The van der Waals surface area contributed by atoms with Crippen LogP contribution in [0.4, 0.5) is 0 Å². The normalized spacial score (nSPS) is 12.0. The SMILES string of the molecule is COc1ccc(C(=O)N[C@H](C(=O)OCc2cn3cccc(C)c3n2)C(C)C)cc1. The minimum atomic E-state index is -0.761. The van der Waals surface area contributed by atoms with Crippen molar-refractivity contribution in [3.8, 4) is 5.75 Å². The Morgan fingerprint density at radius 3 is 2.52 bits per heavy atom. The van der Waals surface area contributed by atoms with E-state index < -0.39 is 12.0 Å². The molecular weight excluding hydrogens is 370 g/mol. The van der Waals surface area contributed by atoms with Crippen LogP contribution < -0.4 is 10.1 Å². The number of amides is 1. The average Bonchev–Trinajstić information content (AvgIpc) is 3.14. The molecule has 0 saturated heterocycles. The van der Waals surface area contributed by atoms with Crippen LogP contribution in [0.15, 0.2) is 48.8 Å². The number of benzene rings is 1. The summed E-state index contributed by atoms with van der Waals surface area (Å²) < 4.78 is 12.4. The molecule has 0 aliphatic carbocycles. The summed E-state index contributed by atoms with van der Waals surface area (Å²) in [7, 11) is 1.56. The minimum Gasteiger partial charge on any atom is -0.497 e. The van der Waals surface area contributed by atoms with E-state index >= 15 is 0 Å². The summed E-state index contributed by atoms with van der Waals surface area (Å²) in [4.78, 5) is 29.6. The number of rotatable bonds is 7. The lowest BCUT2D eigenvalue weighted by Gasteiger charge is -2.20. The van der Waals surface area contributed by atoms with E-state index in [-0.39, 0.29) is 18.4 Å². The lowest BCUT2D eigenvalue weighted by atomic mass is 10.0. The van der Waals surface area contributed by atoms with Crippen LogP contribution in [-0.2, 0) is 16.1 Å². The van der Waals surface area contributed by atoms with Crippen molar-refractivity contribution in [1.82, 2.24) is 14.7 Å². The van der Waals surface area contributed by atoms with Gasteiger partial charge in [0.2, 0.25) is 0 Å². The van der Waals surface area contributed by atoms with Crippen LogP contribution in [0, 0.1) is 12.8 Å². The molecule has 0 spiro atoms. The van der Waals surface area contributed by atoms with Gasteiger partial charge in [0.1, 0.15) is 24.0 Å². The van der Waals surface area contributed by atoms with Crippen molar-refractivity contribution in [1.29, 1.82) is 0 Å². The largest absolute Gasteiger partial charge is 0.497 e. The topological polar surface area (TPSA) is 81.9 Å². The van der Waals surface area contributed by atoms with Gasteiger partial charge in [0.15, 0.2) is 0 Å². The van der Waals surface area contributed by atoms with E-state index in [2.05, 4.69) is 10.3 Å². The van der Waals surface area contributed by atoms with Crippen LogP contribution >= 0.6 is 0 Å². The summed E-state index contributed by atoms with van der Waals surface area (Å²) >= 11 is 0. The highest BCUT2D eigenvalue weighted by Gasteiger charge is 2.26. The number of esters is 1. The summed E-state index contributed by atoms with van der Waals surface area (Å²) in [5, 5.41) is 2.76. The molecule has 3 rings (SSSR count). The highest BCUT2D eigenvalue weighted by Crippen LogP contribution is 2.14. The fourth-order valence-electron chi connectivity index (χ4n) is 2.97. The number of ether oxygens (including phenoxy) is 2. The van der Waals surface area contributed by atoms with E-state index in [1.807, 2.05) is 49.7 Å². The van der Waals surface area contributed by atoms with Gasteiger partial charge in [-0.1, -0.05) is 19.9 Å². The van der Waals surface area contributed by atoms with Gasteiger partial charge >= 0.3 is 5.97 Å². The number of nitrogens with one attached hydrogen (secondary N) is 1. The maximum absolute atomic E-state index is 12.6. The molecule has 7 nitrogen and oxygen atoms in total. The smallest absolute Gasteiger partial charge is 0.329 e. The Kier molecular flexibility index (Phi) is 6.16. The number of pyridine rings is 1. The number of fused-ring (bicyclic) bond motifs is 1. The number of aromatic nitrogens is 2. The molecular formula is C22H25N3O4. The van der Waals surface area contributed by atoms with Gasteiger partial charge in [-0.05, 0) is 48.7 Å². The summed E-state index contributed by atoms with van der Waals surface area (Å²) in [5.41, 5.74) is 2.96. The second kappa shape index (κ2) is 8.77. The van der Waals surface area contributed by atoms with Crippen molar-refractivity contribution in [2.45, 2.75) is 33.4 Å². The lowest BCUT2D eigenvalue weighted by molar-refractivity contribution is -0.148. The molecule has 1 N–H and O–H groups in total. The Labute approximate surface area is 169 Å². The van der Waals surface area contributed by atoms with Gasteiger partial charge in [0, 0.05) is 18.0 Å². The fourth-order valence-corrected chi connectivity index (χ4v) is 2.97. The maximum Gasteiger partial charge on any atom is 0.329 e. The van der Waals surface area contributed by atoms with Gasteiger partial charge < -0.3 is 19.2 Å². The summed E-state index contributed by atoms with van der Waals surface area (Å²) in [6.45, 7) is 5.73. The molecule has 0 saturated carbocycles. The van der Waals surface area contributed by atoms with Gasteiger partial charge in [0.05, 0.1) is 12.8 Å². The Bertz CT molecular complexity index is 1010. The summed E-state index contributed by atoms with van der Waals surface area (Å²) in [5.74, 6) is -0.306. The van der Waals surface area contributed by atoms with Gasteiger partial charge in [0.25, 0.3) is 5.91 Å². The first-order valence-electron chi connectivity index (χ1n) is 9.43. The van der Waals surface area contributed by atoms with E-state index in [4.69, 9.17) is 9.47 Å². The van der Waals surface area contributed by atoms with Crippen LogP contribution in [0.2, 0.25) is 0 Å². The number of carbonyl (C=O) groups is 2. The number of aryl methyl sites for hydroxylation is 1. The van der Waals surface area contributed by atoms with Gasteiger partial charge in [-0.15, -0.1) is 0 Å². The maximum atomic E-state index is 12.6. The van der Waals surface area contributed by atoms with E-state index in [0.29, 0.717) is 17.0 Å². The minimum absolute atomic E-state index is 0.0432. The molecule has 0 bridgehead atoms. The molecule has 0 aliphatic heterocycles. The third-order valence-electron chi connectivity index (χ3n) is 4.65. The number of nitrogens with zero attached hydrogens (tertiary/aromatic N) is 2. The van der Waals surface area contributed by atoms with Crippen LogP contribution in [0.1, 0.15) is 35.5 Å². The van der Waals surface area contributed by atoms with Crippen LogP contribution in [0.5, 0.6) is 5.75 Å². The molecule has 152 valence electrons. The van der Waals surface area contributed by atoms with E-state index in [1.165, 1.54) is 0 Å². The third-order valence-corrected chi connectivity index (χ3v) is 4.65. The summed E-state index contributed by atoms with van der Waals surface area (Å²) in [6, 6.07) is 9.84. The Morgan fingerprint density at radius 1 is 1.17 bits per heavy atom. The molecule has 29 heavy (non-hydrogen) atoms. The zero-order valence-corrected chi connectivity index (χ0v) is 17.0. The zero-order valence-electron chi connectivity index (χ0n) is 17.0. The molecule has 7 heteroatoms. The first kappa shape index (κ1) is 20.4. The molecule has 0 unspecified atom stereocenters. The quantitative estimate of drug-likeness (QED) is 0.622. The molecule has 0 aliphatic rings. The Balaban J connectivity index is 1.65. The fraction of sp³-hybridized carbons (Fsp3) is 0.318. The van der Waals surface area contributed by atoms with Gasteiger partial charge in [-0.2, -0.15) is 0 Å². The molecule has 0 fully saturated rings. The first-order chi connectivity index (χ1) is 13.9. The van der Waals surface area contributed by atoms with E-state index in [0.717, 1.165) is 11.2 Å². The number of carbonyl (C=O) groups excluding carboxylic acids is 2. The monoisotopic (exact) mass is 395 g/mol. The van der Waals surface area contributed by atoms with Crippen LogP contribution in [0.25, 0.3) is 5.65 Å². The van der Waals surface area contributed by atoms with Crippen LogP contribution in [0.3, 0.4) is 0 Å². The summed E-state index contributed by atoms with van der Waals surface area (Å²) in [6.07, 6.45) is 3.72. The second-order valence-corrected chi connectivity index (χ2v) is 7.19. The van der Waals surface area contributed by atoms with Crippen molar-refractivity contribution >= 4 is 17.5 Å². The molecule has 2 aromatic heterocycles. The molecule has 1 aromatic carbocycles. The van der Waals surface area contributed by atoms with Crippen molar-refractivity contribution in [2.75, 3.05) is 7.11 Å². The predicted octanol–water partition coefficient (Wildman–Crippen LogP) is 3.15. The number of hydrogen-bond donors (Lipinski definition) is 1. The van der Waals surface area contributed by atoms with Crippen LogP contribution in [-0.4, -0.2) is 34.4 Å². The average molecular weight is 395 g/mol. The second-order valence-electron chi connectivity index (χ2n) is 7.19. The Hall–Kier alpha value is -3.35. The van der Waals surface area contributed by atoms with Gasteiger partial charge in [-0.25, -0.2) is 9.78 Å².